The smallest absolute Gasteiger partial charge is 0.330 e. The Morgan fingerprint density at radius 2 is 2.11 bits per heavy atom. The lowest BCUT2D eigenvalue weighted by Crippen LogP contribution is -1.97. The van der Waals surface area contributed by atoms with Gasteiger partial charge in [0.15, 0.2) is 11.5 Å². The van der Waals surface area contributed by atoms with Gasteiger partial charge in [-0.25, -0.2) is 4.79 Å². The first-order valence-electron chi connectivity index (χ1n) is 6.09. The Balaban J connectivity index is 2.00. The normalized spacial score (nSPS) is 14.9. The number of thioether (sulfide) groups is 1. The summed E-state index contributed by atoms with van der Waals surface area (Å²) in [4.78, 5) is 11.7. The van der Waals surface area contributed by atoms with Gasteiger partial charge in [-0.1, -0.05) is 6.08 Å². The van der Waals surface area contributed by atoms with E-state index in [9.17, 15) is 4.79 Å². The Morgan fingerprint density at radius 3 is 2.84 bits per heavy atom. The number of carboxylic acid groups (broad SMARTS) is 1. The second kappa shape index (κ2) is 6.52. The van der Waals surface area contributed by atoms with Crippen molar-refractivity contribution in [2.75, 3.05) is 19.0 Å². The molecule has 2 rings (SSSR count). The molecule has 102 valence electrons. The van der Waals surface area contributed by atoms with Crippen LogP contribution < -0.4 is 9.47 Å². The van der Waals surface area contributed by atoms with Crippen molar-refractivity contribution >= 4 is 17.7 Å². The van der Waals surface area contributed by atoms with E-state index < -0.39 is 5.97 Å². The van der Waals surface area contributed by atoms with Gasteiger partial charge in [0.05, 0.1) is 13.2 Å². The Bertz CT molecular complexity index is 496. The summed E-state index contributed by atoms with van der Waals surface area (Å²) in [6, 6.07) is 5.80. The maximum Gasteiger partial charge on any atom is 0.330 e. The minimum atomic E-state index is -0.876. The van der Waals surface area contributed by atoms with Gasteiger partial charge in [-0.15, -0.1) is 11.8 Å². The Hall–Kier alpha value is -1.62. The number of rotatable bonds is 4. The number of aliphatic carboxylic acids is 1. The lowest BCUT2D eigenvalue weighted by atomic mass is 10.3. The molecule has 1 aliphatic heterocycles. The minimum absolute atomic E-state index is 0.363. The molecule has 0 radical (unpaired) electrons. The highest BCUT2D eigenvalue weighted by Crippen LogP contribution is 2.33. The first kappa shape index (κ1) is 13.8. The fraction of sp³-hybridized carbons (Fsp3) is 0.357. The molecule has 0 unspecified atom stereocenters. The summed E-state index contributed by atoms with van der Waals surface area (Å²) in [5.74, 6) is 1.29. The van der Waals surface area contributed by atoms with Crippen molar-refractivity contribution in [1.29, 1.82) is 0 Å². The largest absolute Gasteiger partial charge is 0.490 e. The average Bonchev–Trinajstić information content (AvgIpc) is 2.63. The quantitative estimate of drug-likeness (QED) is 0.679. The predicted molar refractivity (Wildman–Crippen MR) is 74.2 cm³/mol. The molecule has 0 saturated heterocycles. The van der Waals surface area contributed by atoms with Gasteiger partial charge >= 0.3 is 5.97 Å². The van der Waals surface area contributed by atoms with Crippen LogP contribution in [-0.2, 0) is 4.79 Å². The molecule has 0 saturated carbocycles. The summed E-state index contributed by atoms with van der Waals surface area (Å²) in [5, 5.41) is 8.75. The van der Waals surface area contributed by atoms with E-state index >= 15 is 0 Å². The van der Waals surface area contributed by atoms with E-state index in [1.165, 1.54) is 0 Å². The molecule has 0 aromatic heterocycles. The predicted octanol–water partition coefficient (Wildman–Crippen LogP) is 2.97. The van der Waals surface area contributed by atoms with Gasteiger partial charge in [0.1, 0.15) is 0 Å². The van der Waals surface area contributed by atoms with Gasteiger partial charge in [0.25, 0.3) is 0 Å². The van der Waals surface area contributed by atoms with E-state index in [0.717, 1.165) is 22.8 Å². The molecule has 1 aromatic carbocycles. The van der Waals surface area contributed by atoms with E-state index in [1.54, 1.807) is 24.8 Å². The van der Waals surface area contributed by atoms with Crippen molar-refractivity contribution in [1.82, 2.24) is 0 Å². The second-order valence-corrected chi connectivity index (χ2v) is 5.26. The van der Waals surface area contributed by atoms with Crippen LogP contribution in [0.2, 0.25) is 0 Å². The van der Waals surface area contributed by atoms with Crippen molar-refractivity contribution in [3.05, 3.63) is 29.8 Å². The molecule has 0 amide bonds. The van der Waals surface area contributed by atoms with Crippen LogP contribution >= 0.6 is 11.8 Å². The van der Waals surface area contributed by atoms with Crippen LogP contribution in [0.4, 0.5) is 0 Å². The number of carboxylic acids is 1. The van der Waals surface area contributed by atoms with E-state index in [-0.39, 0.29) is 0 Å². The number of ether oxygens (including phenoxy) is 2. The fourth-order valence-electron chi connectivity index (χ4n) is 1.58. The third-order valence-corrected chi connectivity index (χ3v) is 3.62. The Kier molecular flexibility index (Phi) is 4.74. The highest BCUT2D eigenvalue weighted by atomic mass is 32.2. The summed E-state index contributed by atoms with van der Waals surface area (Å²) in [7, 11) is 0. The summed E-state index contributed by atoms with van der Waals surface area (Å²) in [6.07, 6.45) is 2.59. The number of carbonyl (C=O) groups is 1. The molecule has 5 heteroatoms. The maximum absolute atomic E-state index is 10.7. The van der Waals surface area contributed by atoms with Gasteiger partial charge in [-0.3, -0.25) is 0 Å². The standard InChI is InChI=1S/C14H16O4S/c1-10(14(15)16)5-8-19-11-3-4-12-13(9-11)18-7-2-6-17-12/h3-5,9H,2,6-8H2,1H3,(H,15,16). The minimum Gasteiger partial charge on any atom is -0.490 e. The number of benzene rings is 1. The van der Waals surface area contributed by atoms with Crippen molar-refractivity contribution in [2.45, 2.75) is 18.2 Å². The van der Waals surface area contributed by atoms with Gasteiger partial charge in [-0.05, 0) is 25.1 Å². The first-order chi connectivity index (χ1) is 9.16. The monoisotopic (exact) mass is 280 g/mol. The topological polar surface area (TPSA) is 55.8 Å². The molecule has 19 heavy (non-hydrogen) atoms. The fourth-order valence-corrected chi connectivity index (χ4v) is 2.46. The third-order valence-electron chi connectivity index (χ3n) is 2.70. The molecule has 0 atom stereocenters. The van der Waals surface area contributed by atoms with Crippen LogP contribution in [0.5, 0.6) is 11.5 Å². The lowest BCUT2D eigenvalue weighted by Gasteiger charge is -2.08. The van der Waals surface area contributed by atoms with E-state index in [2.05, 4.69) is 0 Å². The molecule has 1 heterocycles. The summed E-state index contributed by atoms with van der Waals surface area (Å²) in [6.45, 7) is 2.94. The summed E-state index contributed by atoms with van der Waals surface area (Å²) >= 11 is 1.57. The SMILES string of the molecule is CC(=CCSc1ccc2c(c1)OCCCO2)C(=O)O. The highest BCUT2D eigenvalue weighted by molar-refractivity contribution is 7.99. The zero-order chi connectivity index (χ0) is 13.7. The zero-order valence-electron chi connectivity index (χ0n) is 10.7. The van der Waals surface area contributed by atoms with Crippen molar-refractivity contribution < 1.29 is 19.4 Å². The molecule has 0 aliphatic carbocycles. The van der Waals surface area contributed by atoms with Crippen LogP contribution in [0.3, 0.4) is 0 Å². The van der Waals surface area contributed by atoms with Gasteiger partial charge in [0, 0.05) is 22.6 Å². The van der Waals surface area contributed by atoms with Gasteiger partial charge < -0.3 is 14.6 Å². The van der Waals surface area contributed by atoms with Gasteiger partial charge in [-0.2, -0.15) is 0 Å². The van der Waals surface area contributed by atoms with Crippen LogP contribution in [0.1, 0.15) is 13.3 Å². The number of hydrogen-bond acceptors (Lipinski definition) is 4. The number of hydrogen-bond donors (Lipinski definition) is 1. The van der Waals surface area contributed by atoms with E-state index in [0.29, 0.717) is 24.5 Å². The molecular formula is C14H16O4S. The average molecular weight is 280 g/mol. The van der Waals surface area contributed by atoms with Crippen molar-refractivity contribution in [3.8, 4) is 11.5 Å². The van der Waals surface area contributed by atoms with Crippen molar-refractivity contribution in [3.63, 3.8) is 0 Å². The molecule has 0 bridgehead atoms. The van der Waals surface area contributed by atoms with E-state index in [4.69, 9.17) is 14.6 Å². The molecule has 1 N–H and O–H groups in total. The molecule has 1 aliphatic rings. The lowest BCUT2D eigenvalue weighted by molar-refractivity contribution is -0.132. The Morgan fingerprint density at radius 1 is 1.37 bits per heavy atom. The molecule has 0 fully saturated rings. The Labute approximate surface area is 116 Å². The number of fused-ring (bicyclic) bond motifs is 1. The maximum atomic E-state index is 10.7. The van der Waals surface area contributed by atoms with Crippen LogP contribution in [0.15, 0.2) is 34.7 Å². The van der Waals surface area contributed by atoms with E-state index in [1.807, 2.05) is 18.2 Å². The zero-order valence-corrected chi connectivity index (χ0v) is 11.5. The molecule has 4 nitrogen and oxygen atoms in total. The van der Waals surface area contributed by atoms with Gasteiger partial charge in [0.2, 0.25) is 0 Å². The summed E-state index contributed by atoms with van der Waals surface area (Å²) in [5.41, 5.74) is 0.363. The highest BCUT2D eigenvalue weighted by Gasteiger charge is 2.10. The van der Waals surface area contributed by atoms with Crippen LogP contribution in [0, 0.1) is 0 Å². The second-order valence-electron chi connectivity index (χ2n) is 4.16. The first-order valence-corrected chi connectivity index (χ1v) is 7.08. The third kappa shape index (κ3) is 3.92. The van der Waals surface area contributed by atoms with Crippen LogP contribution in [-0.4, -0.2) is 30.0 Å². The molecular weight excluding hydrogens is 264 g/mol. The summed E-state index contributed by atoms with van der Waals surface area (Å²) < 4.78 is 11.2. The molecule has 1 aromatic rings. The molecule has 0 spiro atoms. The van der Waals surface area contributed by atoms with Crippen LogP contribution in [0.25, 0.3) is 0 Å². The van der Waals surface area contributed by atoms with Crippen molar-refractivity contribution in [2.24, 2.45) is 0 Å².